The number of rotatable bonds is 6. The Morgan fingerprint density at radius 2 is 2.12 bits per heavy atom. The summed E-state index contributed by atoms with van der Waals surface area (Å²) in [5.41, 5.74) is 1.26. The van der Waals surface area contributed by atoms with Crippen LogP contribution >= 0.6 is 31.9 Å². The zero-order chi connectivity index (χ0) is 12.0. The third-order valence-electron chi connectivity index (χ3n) is 2.46. The quantitative estimate of drug-likeness (QED) is 0.725. The lowest BCUT2D eigenvalue weighted by Crippen LogP contribution is -2.31. The molecule has 0 atom stereocenters. The monoisotopic (exact) mass is 348 g/mol. The van der Waals surface area contributed by atoms with Gasteiger partial charge in [-0.15, -0.1) is 0 Å². The van der Waals surface area contributed by atoms with Crippen LogP contribution in [-0.2, 0) is 6.54 Å². The maximum atomic E-state index is 4.19. The number of aromatic nitrogens is 1. The van der Waals surface area contributed by atoms with Gasteiger partial charge in [0, 0.05) is 34.8 Å². The second kappa shape index (κ2) is 7.41. The number of nitrogens with zero attached hydrogens (tertiary/aromatic N) is 2. The van der Waals surface area contributed by atoms with Crippen molar-refractivity contribution in [1.29, 1.82) is 0 Å². The van der Waals surface area contributed by atoms with Crippen LogP contribution in [0.5, 0.6) is 0 Å². The Morgan fingerprint density at radius 1 is 1.38 bits per heavy atom. The predicted octanol–water partition coefficient (Wildman–Crippen LogP) is 3.84. The number of alkyl halides is 1. The molecule has 0 spiro atoms. The Kier molecular flexibility index (Phi) is 6.54. The molecule has 4 heteroatoms. The van der Waals surface area contributed by atoms with Gasteiger partial charge in [0.25, 0.3) is 0 Å². The summed E-state index contributed by atoms with van der Waals surface area (Å²) in [7, 11) is 0. The average molecular weight is 350 g/mol. The minimum Gasteiger partial charge on any atom is -0.297 e. The topological polar surface area (TPSA) is 16.1 Å². The molecule has 0 bridgehead atoms. The maximum absolute atomic E-state index is 4.19. The van der Waals surface area contributed by atoms with Gasteiger partial charge in [-0.05, 0) is 54.4 Å². The summed E-state index contributed by atoms with van der Waals surface area (Å²) in [6.45, 7) is 6.56. The lowest BCUT2D eigenvalue weighted by molar-refractivity contribution is 0.214. The molecule has 1 rings (SSSR count). The van der Waals surface area contributed by atoms with Crippen LogP contribution in [0.25, 0.3) is 0 Å². The molecular formula is C12H18Br2N2. The van der Waals surface area contributed by atoms with Crippen LogP contribution in [0.1, 0.15) is 25.8 Å². The molecule has 2 nitrogen and oxygen atoms in total. The Hall–Kier alpha value is 0.0700. The van der Waals surface area contributed by atoms with E-state index in [0.717, 1.165) is 22.9 Å². The molecule has 0 radical (unpaired) electrons. The van der Waals surface area contributed by atoms with Gasteiger partial charge in [-0.1, -0.05) is 15.9 Å². The van der Waals surface area contributed by atoms with E-state index in [2.05, 4.69) is 61.7 Å². The third-order valence-corrected chi connectivity index (χ3v) is 3.45. The van der Waals surface area contributed by atoms with Gasteiger partial charge in [-0.3, -0.25) is 9.88 Å². The maximum Gasteiger partial charge on any atom is 0.0410 e. The van der Waals surface area contributed by atoms with Crippen LogP contribution in [-0.4, -0.2) is 27.8 Å². The summed E-state index contributed by atoms with van der Waals surface area (Å²) in [6, 6.07) is 2.70. The minimum absolute atomic E-state index is 0.568. The fourth-order valence-corrected chi connectivity index (χ4v) is 2.22. The molecule has 1 aromatic rings. The van der Waals surface area contributed by atoms with Crippen LogP contribution in [0.4, 0.5) is 0 Å². The Labute approximate surface area is 115 Å². The van der Waals surface area contributed by atoms with Crippen molar-refractivity contribution < 1.29 is 0 Å². The van der Waals surface area contributed by atoms with Crippen molar-refractivity contribution >= 4 is 31.9 Å². The van der Waals surface area contributed by atoms with Crippen LogP contribution in [0.2, 0.25) is 0 Å². The highest BCUT2D eigenvalue weighted by molar-refractivity contribution is 9.10. The highest BCUT2D eigenvalue weighted by atomic mass is 79.9. The summed E-state index contributed by atoms with van der Waals surface area (Å²) in [6.07, 6.45) is 4.94. The van der Waals surface area contributed by atoms with Crippen molar-refractivity contribution in [3.05, 3.63) is 28.5 Å². The molecule has 0 aromatic carbocycles. The van der Waals surface area contributed by atoms with Gasteiger partial charge >= 0.3 is 0 Å². The van der Waals surface area contributed by atoms with E-state index in [0.29, 0.717) is 6.04 Å². The fourth-order valence-electron chi connectivity index (χ4n) is 1.56. The van der Waals surface area contributed by atoms with Crippen molar-refractivity contribution in [3.8, 4) is 0 Å². The second-order valence-electron chi connectivity index (χ2n) is 4.12. The van der Waals surface area contributed by atoms with Gasteiger partial charge in [-0.25, -0.2) is 0 Å². The Balaban J connectivity index is 2.60. The summed E-state index contributed by atoms with van der Waals surface area (Å²) >= 11 is 6.93. The number of pyridine rings is 1. The van der Waals surface area contributed by atoms with Crippen molar-refractivity contribution in [1.82, 2.24) is 9.88 Å². The number of hydrogen-bond donors (Lipinski definition) is 0. The first-order valence-electron chi connectivity index (χ1n) is 5.53. The molecule has 1 heterocycles. The molecule has 0 saturated carbocycles. The average Bonchev–Trinajstić information content (AvgIpc) is 2.24. The van der Waals surface area contributed by atoms with Gasteiger partial charge in [0.2, 0.25) is 0 Å². The summed E-state index contributed by atoms with van der Waals surface area (Å²) in [5.74, 6) is 0. The molecule has 0 amide bonds. The van der Waals surface area contributed by atoms with Gasteiger partial charge in [0.15, 0.2) is 0 Å². The smallest absolute Gasteiger partial charge is 0.0410 e. The zero-order valence-electron chi connectivity index (χ0n) is 9.79. The van der Waals surface area contributed by atoms with E-state index < -0.39 is 0 Å². The SMILES string of the molecule is CC(C)N(CCCBr)Cc1cncc(Br)c1. The molecular weight excluding hydrogens is 332 g/mol. The number of hydrogen-bond acceptors (Lipinski definition) is 2. The molecule has 0 aliphatic carbocycles. The van der Waals surface area contributed by atoms with Crippen molar-refractivity contribution in [2.24, 2.45) is 0 Å². The molecule has 0 aliphatic rings. The highest BCUT2D eigenvalue weighted by Crippen LogP contribution is 2.13. The molecule has 90 valence electrons. The minimum atomic E-state index is 0.568. The van der Waals surface area contributed by atoms with Crippen LogP contribution in [0.3, 0.4) is 0 Å². The Morgan fingerprint density at radius 3 is 2.69 bits per heavy atom. The Bertz CT molecular complexity index is 316. The van der Waals surface area contributed by atoms with E-state index in [4.69, 9.17) is 0 Å². The normalized spacial score (nSPS) is 11.4. The van der Waals surface area contributed by atoms with Crippen molar-refractivity contribution in [3.63, 3.8) is 0 Å². The van der Waals surface area contributed by atoms with Crippen LogP contribution in [0.15, 0.2) is 22.9 Å². The van der Waals surface area contributed by atoms with Crippen molar-refractivity contribution in [2.45, 2.75) is 32.9 Å². The second-order valence-corrected chi connectivity index (χ2v) is 5.83. The molecule has 0 aliphatic heterocycles. The van der Waals surface area contributed by atoms with Crippen LogP contribution in [0, 0.1) is 0 Å². The van der Waals surface area contributed by atoms with E-state index >= 15 is 0 Å². The lowest BCUT2D eigenvalue weighted by Gasteiger charge is -2.26. The summed E-state index contributed by atoms with van der Waals surface area (Å²) in [5, 5.41) is 1.06. The first-order chi connectivity index (χ1) is 7.63. The third kappa shape index (κ3) is 4.93. The molecule has 0 fully saturated rings. The van der Waals surface area contributed by atoms with Crippen LogP contribution < -0.4 is 0 Å². The lowest BCUT2D eigenvalue weighted by atomic mass is 10.2. The van der Waals surface area contributed by atoms with E-state index in [1.807, 2.05) is 12.4 Å². The standard InChI is InChI=1S/C12H18Br2N2/c1-10(2)16(5-3-4-13)9-11-6-12(14)8-15-7-11/h6-8,10H,3-5,9H2,1-2H3. The van der Waals surface area contributed by atoms with E-state index in [-0.39, 0.29) is 0 Å². The summed E-state index contributed by atoms with van der Waals surface area (Å²) in [4.78, 5) is 6.66. The summed E-state index contributed by atoms with van der Waals surface area (Å²) < 4.78 is 1.05. The first kappa shape index (κ1) is 14.1. The van der Waals surface area contributed by atoms with E-state index in [1.165, 1.54) is 12.0 Å². The molecule has 16 heavy (non-hydrogen) atoms. The van der Waals surface area contributed by atoms with Gasteiger partial charge in [0.1, 0.15) is 0 Å². The van der Waals surface area contributed by atoms with Gasteiger partial charge in [-0.2, -0.15) is 0 Å². The van der Waals surface area contributed by atoms with E-state index in [9.17, 15) is 0 Å². The molecule has 0 saturated heterocycles. The highest BCUT2D eigenvalue weighted by Gasteiger charge is 2.09. The first-order valence-corrected chi connectivity index (χ1v) is 7.44. The van der Waals surface area contributed by atoms with E-state index in [1.54, 1.807) is 0 Å². The van der Waals surface area contributed by atoms with Gasteiger partial charge in [0.05, 0.1) is 0 Å². The molecule has 1 aromatic heterocycles. The van der Waals surface area contributed by atoms with Gasteiger partial charge < -0.3 is 0 Å². The predicted molar refractivity (Wildman–Crippen MR) is 75.9 cm³/mol. The molecule has 0 unspecified atom stereocenters. The molecule has 0 N–H and O–H groups in total. The zero-order valence-corrected chi connectivity index (χ0v) is 13.0. The fraction of sp³-hybridized carbons (Fsp3) is 0.583. The van der Waals surface area contributed by atoms with Crippen molar-refractivity contribution in [2.75, 3.05) is 11.9 Å². The largest absolute Gasteiger partial charge is 0.297 e. The number of halogens is 2.